The summed E-state index contributed by atoms with van der Waals surface area (Å²) in [6, 6.07) is 3.63. The van der Waals surface area contributed by atoms with Gasteiger partial charge in [0.05, 0.1) is 10.7 Å². The van der Waals surface area contributed by atoms with Crippen LogP contribution in [0.2, 0.25) is 0 Å². The molecule has 23 heavy (non-hydrogen) atoms. The van der Waals surface area contributed by atoms with Gasteiger partial charge in [0.1, 0.15) is 16.5 Å². The van der Waals surface area contributed by atoms with Crippen molar-refractivity contribution in [3.05, 3.63) is 51.0 Å². The Labute approximate surface area is 137 Å². The largest absolute Gasteiger partial charge is 0.348 e. The number of nitrogens with one attached hydrogen (secondary N) is 1. The monoisotopic (exact) mass is 336 g/mol. The summed E-state index contributed by atoms with van der Waals surface area (Å²) < 4.78 is 27.5. The van der Waals surface area contributed by atoms with Gasteiger partial charge in [-0.05, 0) is 38.3 Å². The van der Waals surface area contributed by atoms with E-state index in [1.165, 1.54) is 29.5 Å². The average molecular weight is 336 g/mol. The molecule has 1 aliphatic rings. The molecular formula is C17H18F2N2OS. The van der Waals surface area contributed by atoms with E-state index in [4.69, 9.17) is 0 Å². The summed E-state index contributed by atoms with van der Waals surface area (Å²) in [6.07, 6.45) is 2.39. The molecule has 0 spiro atoms. The fraction of sp³-hybridized carbons (Fsp3) is 0.412. The lowest BCUT2D eigenvalue weighted by atomic mass is 10.1. The minimum absolute atomic E-state index is 0.0745. The van der Waals surface area contributed by atoms with Crippen molar-refractivity contribution >= 4 is 17.2 Å². The van der Waals surface area contributed by atoms with Crippen LogP contribution in [-0.4, -0.2) is 16.9 Å². The van der Waals surface area contributed by atoms with Crippen LogP contribution in [0.4, 0.5) is 8.78 Å². The number of aromatic nitrogens is 1. The van der Waals surface area contributed by atoms with Crippen LogP contribution in [0.3, 0.4) is 0 Å². The van der Waals surface area contributed by atoms with Gasteiger partial charge in [0.25, 0.3) is 5.91 Å². The summed E-state index contributed by atoms with van der Waals surface area (Å²) >= 11 is 1.39. The zero-order valence-corrected chi connectivity index (χ0v) is 13.8. The summed E-state index contributed by atoms with van der Waals surface area (Å²) in [5.41, 5.74) is 0.788. The number of amides is 1. The molecule has 0 saturated heterocycles. The van der Waals surface area contributed by atoms with Crippen molar-refractivity contribution in [2.75, 3.05) is 0 Å². The van der Waals surface area contributed by atoms with Crippen LogP contribution in [-0.2, 0) is 6.42 Å². The zero-order valence-electron chi connectivity index (χ0n) is 13.0. The second-order valence-electron chi connectivity index (χ2n) is 5.83. The minimum Gasteiger partial charge on any atom is -0.348 e. The first kappa shape index (κ1) is 16.1. The molecule has 2 atom stereocenters. The Kier molecular flexibility index (Phi) is 4.43. The molecule has 1 saturated carbocycles. The van der Waals surface area contributed by atoms with Crippen LogP contribution in [0, 0.1) is 18.6 Å². The molecule has 6 heteroatoms. The summed E-state index contributed by atoms with van der Waals surface area (Å²) in [7, 11) is 0. The Morgan fingerprint density at radius 2 is 2.09 bits per heavy atom. The first-order valence-electron chi connectivity index (χ1n) is 7.72. The molecule has 1 fully saturated rings. The Morgan fingerprint density at radius 1 is 1.39 bits per heavy atom. The third-order valence-electron chi connectivity index (χ3n) is 3.99. The molecule has 1 aliphatic carbocycles. The first-order chi connectivity index (χ1) is 11.0. The van der Waals surface area contributed by atoms with Crippen molar-refractivity contribution in [2.45, 2.75) is 45.1 Å². The van der Waals surface area contributed by atoms with Gasteiger partial charge in [-0.3, -0.25) is 4.79 Å². The van der Waals surface area contributed by atoms with Gasteiger partial charge in [-0.15, -0.1) is 11.3 Å². The van der Waals surface area contributed by atoms with Crippen molar-refractivity contribution in [2.24, 2.45) is 0 Å². The van der Waals surface area contributed by atoms with Crippen molar-refractivity contribution in [1.29, 1.82) is 0 Å². The molecule has 1 amide bonds. The Bertz CT molecular complexity index is 724. The van der Waals surface area contributed by atoms with E-state index in [2.05, 4.69) is 17.2 Å². The van der Waals surface area contributed by atoms with E-state index >= 15 is 0 Å². The second-order valence-corrected chi connectivity index (χ2v) is 6.91. The fourth-order valence-corrected chi connectivity index (χ4v) is 3.83. The minimum atomic E-state index is -0.550. The SMILES string of the molecule is CCCc1nc(C)c(C(=O)NC2CC2c2c(F)cccc2F)s1. The molecule has 1 N–H and O–H groups in total. The molecule has 1 heterocycles. The lowest BCUT2D eigenvalue weighted by molar-refractivity contribution is 0.0953. The number of nitrogens with zero attached hydrogens (tertiary/aromatic N) is 1. The van der Waals surface area contributed by atoms with Gasteiger partial charge in [-0.2, -0.15) is 0 Å². The van der Waals surface area contributed by atoms with Crippen LogP contribution in [0.25, 0.3) is 0 Å². The van der Waals surface area contributed by atoms with E-state index in [-0.39, 0.29) is 23.4 Å². The van der Waals surface area contributed by atoms with Crippen LogP contribution >= 0.6 is 11.3 Å². The number of carbonyl (C=O) groups excluding carboxylic acids is 1. The molecule has 2 unspecified atom stereocenters. The van der Waals surface area contributed by atoms with Gasteiger partial charge < -0.3 is 5.32 Å². The number of halogens is 2. The third kappa shape index (κ3) is 3.27. The number of carbonyl (C=O) groups is 1. The zero-order chi connectivity index (χ0) is 16.6. The number of rotatable bonds is 5. The van der Waals surface area contributed by atoms with Crippen molar-refractivity contribution in [1.82, 2.24) is 10.3 Å². The number of thiazole rings is 1. The fourth-order valence-electron chi connectivity index (χ4n) is 2.76. The summed E-state index contributed by atoms with van der Waals surface area (Å²) in [5, 5.41) is 3.81. The summed E-state index contributed by atoms with van der Waals surface area (Å²) in [5.74, 6) is -1.59. The van der Waals surface area contributed by atoms with Gasteiger partial charge in [0.15, 0.2) is 0 Å². The van der Waals surface area contributed by atoms with Gasteiger partial charge in [0, 0.05) is 17.5 Å². The van der Waals surface area contributed by atoms with Crippen molar-refractivity contribution in [3.63, 3.8) is 0 Å². The molecule has 0 bridgehead atoms. The van der Waals surface area contributed by atoms with Crippen LogP contribution in [0.15, 0.2) is 18.2 Å². The van der Waals surface area contributed by atoms with Crippen LogP contribution in [0.1, 0.15) is 51.6 Å². The van der Waals surface area contributed by atoms with E-state index in [0.717, 1.165) is 17.8 Å². The normalized spacial score (nSPS) is 19.7. The highest BCUT2D eigenvalue weighted by molar-refractivity contribution is 7.13. The average Bonchev–Trinajstić information content (AvgIpc) is 3.12. The second kappa shape index (κ2) is 6.35. The number of aryl methyl sites for hydroxylation is 2. The van der Waals surface area contributed by atoms with E-state index in [1.54, 1.807) is 0 Å². The van der Waals surface area contributed by atoms with Crippen molar-refractivity contribution in [3.8, 4) is 0 Å². The van der Waals surface area contributed by atoms with Gasteiger partial charge in [-0.1, -0.05) is 13.0 Å². The predicted molar refractivity (Wildman–Crippen MR) is 85.8 cm³/mol. The van der Waals surface area contributed by atoms with Gasteiger partial charge in [0.2, 0.25) is 0 Å². The maximum Gasteiger partial charge on any atom is 0.263 e. The Hall–Kier alpha value is -1.82. The Morgan fingerprint density at radius 3 is 2.74 bits per heavy atom. The van der Waals surface area contributed by atoms with E-state index in [9.17, 15) is 13.6 Å². The van der Waals surface area contributed by atoms with Gasteiger partial charge in [-0.25, -0.2) is 13.8 Å². The summed E-state index contributed by atoms with van der Waals surface area (Å²) in [4.78, 5) is 17.3. The van der Waals surface area contributed by atoms with E-state index in [1.807, 2.05) is 6.92 Å². The standard InChI is InChI=1S/C17H18F2N2OS/c1-3-5-14-20-9(2)16(23-14)17(22)21-13-8-10(13)15-11(18)6-4-7-12(15)19/h4,6-7,10,13H,3,5,8H2,1-2H3,(H,21,22). The third-order valence-corrected chi connectivity index (χ3v) is 5.20. The quantitative estimate of drug-likeness (QED) is 0.898. The number of hydrogen-bond acceptors (Lipinski definition) is 3. The highest BCUT2D eigenvalue weighted by Crippen LogP contribution is 2.43. The topological polar surface area (TPSA) is 42.0 Å². The maximum absolute atomic E-state index is 13.8. The molecular weight excluding hydrogens is 318 g/mol. The Balaban J connectivity index is 1.69. The molecule has 1 aromatic carbocycles. The molecule has 1 aromatic heterocycles. The molecule has 3 nitrogen and oxygen atoms in total. The van der Waals surface area contributed by atoms with E-state index < -0.39 is 11.6 Å². The highest BCUT2D eigenvalue weighted by atomic mass is 32.1. The van der Waals surface area contributed by atoms with E-state index in [0.29, 0.717) is 17.0 Å². The van der Waals surface area contributed by atoms with Crippen LogP contribution < -0.4 is 5.32 Å². The molecule has 122 valence electrons. The number of benzene rings is 1. The molecule has 3 rings (SSSR count). The van der Waals surface area contributed by atoms with Crippen LogP contribution in [0.5, 0.6) is 0 Å². The highest BCUT2D eigenvalue weighted by Gasteiger charge is 2.43. The lowest BCUT2D eigenvalue weighted by Gasteiger charge is -2.06. The molecule has 2 aromatic rings. The van der Waals surface area contributed by atoms with Crippen molar-refractivity contribution < 1.29 is 13.6 Å². The smallest absolute Gasteiger partial charge is 0.263 e. The molecule has 0 radical (unpaired) electrons. The predicted octanol–water partition coefficient (Wildman–Crippen LogP) is 3.97. The summed E-state index contributed by atoms with van der Waals surface area (Å²) in [6.45, 7) is 3.87. The lowest BCUT2D eigenvalue weighted by Crippen LogP contribution is -2.26. The molecule has 0 aliphatic heterocycles. The number of hydrogen-bond donors (Lipinski definition) is 1. The first-order valence-corrected chi connectivity index (χ1v) is 8.54. The van der Waals surface area contributed by atoms with Gasteiger partial charge >= 0.3 is 0 Å². The maximum atomic E-state index is 13.8.